The molecule has 1 unspecified atom stereocenters. The highest BCUT2D eigenvalue weighted by Gasteiger charge is 2.30. The lowest BCUT2D eigenvalue weighted by molar-refractivity contribution is -0.139. The molecule has 0 bridgehead atoms. The zero-order chi connectivity index (χ0) is 23.8. The summed E-state index contributed by atoms with van der Waals surface area (Å²) in [7, 11) is 2.04. The summed E-state index contributed by atoms with van der Waals surface area (Å²) in [6, 6.07) is 18.3. The van der Waals surface area contributed by atoms with E-state index in [0.29, 0.717) is 26.1 Å². The lowest BCUT2D eigenvalue weighted by Gasteiger charge is -2.35. The first-order valence-electron chi connectivity index (χ1n) is 11.9. The van der Waals surface area contributed by atoms with E-state index in [-0.39, 0.29) is 17.8 Å². The van der Waals surface area contributed by atoms with Gasteiger partial charge in [0.25, 0.3) is 0 Å². The van der Waals surface area contributed by atoms with E-state index in [1.807, 2.05) is 48.3 Å². The first kappa shape index (κ1) is 23.9. The van der Waals surface area contributed by atoms with Crippen LogP contribution in [0.25, 0.3) is 0 Å². The summed E-state index contributed by atoms with van der Waals surface area (Å²) in [4.78, 5) is 21.8. The lowest BCUT2D eigenvalue weighted by Crippen LogP contribution is -2.48. The highest BCUT2D eigenvalue weighted by molar-refractivity contribution is 5.82. The van der Waals surface area contributed by atoms with Gasteiger partial charge in [-0.25, -0.2) is 4.39 Å². The summed E-state index contributed by atoms with van der Waals surface area (Å²) in [5.41, 5.74) is 3.12. The van der Waals surface area contributed by atoms with Gasteiger partial charge in [0, 0.05) is 31.9 Å². The quantitative estimate of drug-likeness (QED) is 0.457. The molecule has 2 aromatic carbocycles. The van der Waals surface area contributed by atoms with Gasteiger partial charge in [0.1, 0.15) is 11.6 Å². The van der Waals surface area contributed by atoms with Crippen LogP contribution in [0.2, 0.25) is 0 Å². The fraction of sp³-hybridized carbons (Fsp3) is 0.357. The number of amides is 1. The molecule has 3 aromatic rings. The number of piperidine rings is 1. The molecule has 1 atom stereocenters. The molecule has 1 aromatic heterocycles. The monoisotopic (exact) mass is 461 g/mol. The van der Waals surface area contributed by atoms with E-state index in [2.05, 4.69) is 9.88 Å². The Morgan fingerprint density at radius 2 is 1.79 bits per heavy atom. The molecular formula is C28H32FN3O2. The average molecular weight is 462 g/mol. The number of rotatable bonds is 9. The second-order valence-corrected chi connectivity index (χ2v) is 8.91. The maximum absolute atomic E-state index is 13.6. The van der Waals surface area contributed by atoms with Crippen LogP contribution in [0.3, 0.4) is 0 Å². The molecule has 6 heteroatoms. The van der Waals surface area contributed by atoms with Crippen LogP contribution in [0.5, 0.6) is 5.75 Å². The highest BCUT2D eigenvalue weighted by atomic mass is 19.1. The molecule has 5 nitrogen and oxygen atoms in total. The molecule has 1 saturated heterocycles. The van der Waals surface area contributed by atoms with Gasteiger partial charge in [-0.2, -0.15) is 0 Å². The van der Waals surface area contributed by atoms with Gasteiger partial charge in [0.2, 0.25) is 5.91 Å². The zero-order valence-electron chi connectivity index (χ0n) is 19.7. The first-order chi connectivity index (χ1) is 16.6. The molecule has 1 aliphatic rings. The van der Waals surface area contributed by atoms with Crippen molar-refractivity contribution in [3.05, 3.63) is 95.6 Å². The number of benzene rings is 2. The van der Waals surface area contributed by atoms with Crippen molar-refractivity contribution in [3.8, 4) is 5.75 Å². The van der Waals surface area contributed by atoms with Gasteiger partial charge >= 0.3 is 0 Å². The molecule has 0 saturated carbocycles. The van der Waals surface area contributed by atoms with E-state index in [0.717, 1.165) is 48.2 Å². The maximum atomic E-state index is 13.6. The molecule has 0 aliphatic carbocycles. The molecule has 178 valence electrons. The van der Waals surface area contributed by atoms with Crippen LogP contribution in [0.4, 0.5) is 4.39 Å². The van der Waals surface area contributed by atoms with Gasteiger partial charge in [-0.1, -0.05) is 30.7 Å². The Kier molecular flexibility index (Phi) is 8.26. The molecule has 0 N–H and O–H groups in total. The van der Waals surface area contributed by atoms with Crippen molar-refractivity contribution >= 4 is 5.91 Å². The van der Waals surface area contributed by atoms with Crippen LogP contribution in [-0.4, -0.2) is 46.9 Å². The third kappa shape index (κ3) is 6.64. The predicted octanol–water partition coefficient (Wildman–Crippen LogP) is 4.86. The van der Waals surface area contributed by atoms with Crippen LogP contribution in [0.1, 0.15) is 36.0 Å². The van der Waals surface area contributed by atoms with Gasteiger partial charge in [-0.05, 0) is 79.5 Å². The molecule has 0 radical (unpaired) electrons. The van der Waals surface area contributed by atoms with Gasteiger partial charge in [0.05, 0.1) is 12.6 Å². The van der Waals surface area contributed by atoms with E-state index in [1.54, 1.807) is 24.5 Å². The topological polar surface area (TPSA) is 45.7 Å². The number of aromatic nitrogens is 1. The van der Waals surface area contributed by atoms with Crippen molar-refractivity contribution in [1.82, 2.24) is 14.8 Å². The highest BCUT2D eigenvalue weighted by Crippen LogP contribution is 2.22. The summed E-state index contributed by atoms with van der Waals surface area (Å²) in [5, 5.41) is 0. The third-order valence-corrected chi connectivity index (χ3v) is 6.33. The molecule has 4 rings (SSSR count). The minimum absolute atomic E-state index is 0.0780. The number of likely N-dealkylation sites (tertiary alicyclic amines) is 1. The zero-order valence-corrected chi connectivity index (χ0v) is 19.7. The Morgan fingerprint density at radius 3 is 2.56 bits per heavy atom. The van der Waals surface area contributed by atoms with Crippen LogP contribution >= 0.6 is 0 Å². The number of hydrogen-bond donors (Lipinski definition) is 0. The standard InChI is InChI=1S/C28H32FN3O2/c1-31-17-3-2-7-27(31)28(33)32(20-23-12-15-30-16-13-23)21-24-5-4-6-26(19-24)34-18-14-22-8-10-25(29)11-9-22/h4-6,8-13,15-16,19,27H,2-3,7,14,17-18,20-21H2,1H3. The van der Waals surface area contributed by atoms with Gasteiger partial charge < -0.3 is 9.64 Å². The Labute approximate surface area is 201 Å². The van der Waals surface area contributed by atoms with Gasteiger partial charge in [0.15, 0.2) is 0 Å². The Hall–Kier alpha value is -3.25. The lowest BCUT2D eigenvalue weighted by atomic mass is 10.0. The molecule has 1 amide bonds. The van der Waals surface area contributed by atoms with Crippen molar-refractivity contribution in [2.45, 2.75) is 44.8 Å². The molecule has 34 heavy (non-hydrogen) atoms. The van der Waals surface area contributed by atoms with E-state index in [4.69, 9.17) is 4.74 Å². The number of halogens is 1. The normalized spacial score (nSPS) is 16.2. The number of likely N-dealkylation sites (N-methyl/N-ethyl adjacent to an activating group) is 1. The number of carbonyl (C=O) groups excluding carboxylic acids is 1. The minimum Gasteiger partial charge on any atom is -0.493 e. The fourth-order valence-electron chi connectivity index (χ4n) is 4.41. The summed E-state index contributed by atoms with van der Waals surface area (Å²) < 4.78 is 19.1. The van der Waals surface area contributed by atoms with Crippen molar-refractivity contribution in [3.63, 3.8) is 0 Å². The third-order valence-electron chi connectivity index (χ3n) is 6.33. The summed E-state index contributed by atoms with van der Waals surface area (Å²) >= 11 is 0. The molecule has 2 heterocycles. The number of ether oxygens (including phenoxy) is 1. The van der Waals surface area contributed by atoms with E-state index in [9.17, 15) is 9.18 Å². The summed E-state index contributed by atoms with van der Waals surface area (Å²) in [6.07, 6.45) is 7.35. The van der Waals surface area contributed by atoms with Crippen molar-refractivity contribution in [1.29, 1.82) is 0 Å². The van der Waals surface area contributed by atoms with Crippen LogP contribution in [0, 0.1) is 5.82 Å². The Morgan fingerprint density at radius 1 is 1.03 bits per heavy atom. The van der Waals surface area contributed by atoms with Crippen LogP contribution < -0.4 is 4.74 Å². The number of pyridine rings is 1. The number of hydrogen-bond acceptors (Lipinski definition) is 4. The first-order valence-corrected chi connectivity index (χ1v) is 11.9. The smallest absolute Gasteiger partial charge is 0.240 e. The SMILES string of the molecule is CN1CCCCC1C(=O)N(Cc1ccncc1)Cc1cccc(OCCc2ccc(F)cc2)c1. The van der Waals surface area contributed by atoms with Gasteiger partial charge in [-0.3, -0.25) is 14.7 Å². The largest absolute Gasteiger partial charge is 0.493 e. The summed E-state index contributed by atoms with van der Waals surface area (Å²) in [6.45, 7) is 2.51. The van der Waals surface area contributed by atoms with Crippen molar-refractivity contribution in [2.24, 2.45) is 0 Å². The van der Waals surface area contributed by atoms with Crippen molar-refractivity contribution < 1.29 is 13.9 Å². The van der Waals surface area contributed by atoms with E-state index in [1.165, 1.54) is 12.1 Å². The molecule has 1 aliphatic heterocycles. The molecule has 1 fully saturated rings. The Bertz CT molecular complexity index is 1060. The van der Waals surface area contributed by atoms with Gasteiger partial charge in [-0.15, -0.1) is 0 Å². The predicted molar refractivity (Wildman–Crippen MR) is 131 cm³/mol. The van der Waals surface area contributed by atoms with Crippen molar-refractivity contribution in [2.75, 3.05) is 20.2 Å². The Balaban J connectivity index is 1.43. The van der Waals surface area contributed by atoms with E-state index < -0.39 is 0 Å². The molecule has 0 spiro atoms. The average Bonchev–Trinajstić information content (AvgIpc) is 2.86. The number of carbonyl (C=O) groups is 1. The number of nitrogens with zero attached hydrogens (tertiary/aromatic N) is 3. The second kappa shape index (κ2) is 11.7. The minimum atomic E-state index is -0.234. The van der Waals surface area contributed by atoms with Crippen LogP contribution in [-0.2, 0) is 24.3 Å². The van der Waals surface area contributed by atoms with Crippen LogP contribution in [0.15, 0.2) is 73.1 Å². The summed E-state index contributed by atoms with van der Waals surface area (Å²) in [5.74, 6) is 0.704. The molecular weight excluding hydrogens is 429 g/mol. The second-order valence-electron chi connectivity index (χ2n) is 8.91. The maximum Gasteiger partial charge on any atom is 0.240 e. The van der Waals surface area contributed by atoms with E-state index >= 15 is 0 Å². The fourth-order valence-corrected chi connectivity index (χ4v) is 4.41.